The van der Waals surface area contributed by atoms with Crippen LogP contribution in [0.5, 0.6) is 5.75 Å². The molecule has 0 saturated carbocycles. The average Bonchev–Trinajstić information content (AvgIpc) is 3.22. The van der Waals surface area contributed by atoms with E-state index in [9.17, 15) is 5.11 Å². The van der Waals surface area contributed by atoms with Crippen molar-refractivity contribution in [2.75, 3.05) is 6.54 Å². The molecule has 6 heteroatoms. The normalized spacial score (nSPS) is 12.6. The van der Waals surface area contributed by atoms with Crippen LogP contribution in [0.2, 0.25) is 0 Å². The van der Waals surface area contributed by atoms with Crippen LogP contribution in [0.3, 0.4) is 0 Å². The summed E-state index contributed by atoms with van der Waals surface area (Å²) in [5, 5.41) is 20.4. The highest BCUT2D eigenvalue weighted by atomic mass is 16.3. The molecule has 3 aromatic rings. The number of hydrogen-bond donors (Lipinski definition) is 3. The summed E-state index contributed by atoms with van der Waals surface area (Å²) >= 11 is 0. The Balaban J connectivity index is 1.71. The van der Waals surface area contributed by atoms with E-state index in [-0.39, 0.29) is 11.8 Å². The number of aliphatic imine (C=N–C) groups is 1. The van der Waals surface area contributed by atoms with Gasteiger partial charge in [0.25, 0.3) is 0 Å². The molecule has 0 saturated heterocycles. The number of benzene rings is 2. The average molecular weight is 363 g/mol. The summed E-state index contributed by atoms with van der Waals surface area (Å²) in [7, 11) is 0. The number of guanidine groups is 1. The Bertz CT molecular complexity index is 872. The zero-order chi connectivity index (χ0) is 19.1. The smallest absolute Gasteiger partial charge is 0.192 e. The van der Waals surface area contributed by atoms with Crippen LogP contribution in [0.25, 0.3) is 5.69 Å². The Kier molecular flexibility index (Phi) is 6.10. The van der Waals surface area contributed by atoms with Crippen molar-refractivity contribution in [3.8, 4) is 11.4 Å². The standard InChI is InChI=1S/C21H25N5O/c1-3-22-21(23-15-17-8-10-20(27)11-9-17)25-16(2)18-6-4-7-19(14-18)26-13-5-12-24-26/h4-14,16,27H,3,15H2,1-2H3,(H2,22,23,25). The fraction of sp³-hybridized carbons (Fsp3) is 0.238. The first-order valence-electron chi connectivity index (χ1n) is 9.08. The van der Waals surface area contributed by atoms with Gasteiger partial charge in [0.2, 0.25) is 0 Å². The summed E-state index contributed by atoms with van der Waals surface area (Å²) in [4.78, 5) is 4.65. The predicted octanol–water partition coefficient (Wildman–Crippen LogP) is 3.39. The predicted molar refractivity (Wildman–Crippen MR) is 108 cm³/mol. The molecule has 0 spiro atoms. The number of hydrogen-bond acceptors (Lipinski definition) is 3. The number of rotatable bonds is 6. The molecule has 27 heavy (non-hydrogen) atoms. The monoisotopic (exact) mass is 363 g/mol. The van der Waals surface area contributed by atoms with Gasteiger partial charge in [0, 0.05) is 18.9 Å². The summed E-state index contributed by atoms with van der Waals surface area (Å²) < 4.78 is 1.85. The third kappa shape index (κ3) is 5.10. The Morgan fingerprint density at radius 2 is 2.00 bits per heavy atom. The second-order valence-electron chi connectivity index (χ2n) is 6.27. The number of nitrogens with one attached hydrogen (secondary N) is 2. The van der Waals surface area contributed by atoms with E-state index < -0.39 is 0 Å². The first-order chi connectivity index (χ1) is 13.2. The highest BCUT2D eigenvalue weighted by Gasteiger charge is 2.09. The van der Waals surface area contributed by atoms with Gasteiger partial charge in [0.05, 0.1) is 18.3 Å². The number of phenolic OH excluding ortho intramolecular Hbond substituents is 1. The van der Waals surface area contributed by atoms with Crippen molar-refractivity contribution < 1.29 is 5.11 Å². The number of nitrogens with zero attached hydrogens (tertiary/aromatic N) is 3. The van der Waals surface area contributed by atoms with E-state index in [0.29, 0.717) is 6.54 Å². The first kappa shape index (κ1) is 18.5. The lowest BCUT2D eigenvalue weighted by atomic mass is 10.1. The summed E-state index contributed by atoms with van der Waals surface area (Å²) in [5.41, 5.74) is 3.22. The van der Waals surface area contributed by atoms with E-state index in [1.54, 1.807) is 18.3 Å². The maximum absolute atomic E-state index is 9.39. The molecule has 3 rings (SSSR count). The van der Waals surface area contributed by atoms with Crippen molar-refractivity contribution in [1.29, 1.82) is 0 Å². The lowest BCUT2D eigenvalue weighted by Crippen LogP contribution is -2.38. The zero-order valence-electron chi connectivity index (χ0n) is 15.6. The van der Waals surface area contributed by atoms with Gasteiger partial charge in [-0.25, -0.2) is 9.67 Å². The van der Waals surface area contributed by atoms with E-state index in [1.165, 1.54) is 0 Å². The Morgan fingerprint density at radius 1 is 1.19 bits per heavy atom. The van der Waals surface area contributed by atoms with E-state index in [0.717, 1.165) is 29.3 Å². The third-order valence-electron chi connectivity index (χ3n) is 4.19. The van der Waals surface area contributed by atoms with Crippen LogP contribution >= 0.6 is 0 Å². The van der Waals surface area contributed by atoms with Gasteiger partial charge in [-0.15, -0.1) is 0 Å². The fourth-order valence-corrected chi connectivity index (χ4v) is 2.74. The largest absolute Gasteiger partial charge is 0.508 e. The van der Waals surface area contributed by atoms with E-state index in [2.05, 4.69) is 39.8 Å². The van der Waals surface area contributed by atoms with Crippen LogP contribution in [-0.2, 0) is 6.54 Å². The van der Waals surface area contributed by atoms with Crippen LogP contribution in [-0.4, -0.2) is 27.4 Å². The summed E-state index contributed by atoms with van der Waals surface area (Å²) in [6, 6.07) is 17.4. The van der Waals surface area contributed by atoms with Gasteiger partial charge in [-0.3, -0.25) is 0 Å². The first-order valence-corrected chi connectivity index (χ1v) is 9.08. The fourth-order valence-electron chi connectivity index (χ4n) is 2.74. The van der Waals surface area contributed by atoms with Crippen molar-refractivity contribution in [2.45, 2.75) is 26.4 Å². The minimum Gasteiger partial charge on any atom is -0.508 e. The van der Waals surface area contributed by atoms with Gasteiger partial charge < -0.3 is 15.7 Å². The Hall–Kier alpha value is -3.28. The quantitative estimate of drug-likeness (QED) is 0.464. The SMILES string of the molecule is CCNC(=NCc1ccc(O)cc1)NC(C)c1cccc(-n2cccn2)c1. The molecule has 0 aliphatic carbocycles. The molecule has 0 aliphatic heterocycles. The van der Waals surface area contributed by atoms with E-state index in [4.69, 9.17) is 0 Å². The molecule has 6 nitrogen and oxygen atoms in total. The molecule has 0 fully saturated rings. The van der Waals surface area contributed by atoms with Gasteiger partial charge in [0.1, 0.15) is 5.75 Å². The lowest BCUT2D eigenvalue weighted by molar-refractivity contribution is 0.475. The Labute approximate surface area is 159 Å². The Morgan fingerprint density at radius 3 is 2.70 bits per heavy atom. The molecule has 2 aromatic carbocycles. The molecular weight excluding hydrogens is 338 g/mol. The van der Waals surface area contributed by atoms with Gasteiger partial charge in [-0.2, -0.15) is 5.10 Å². The van der Waals surface area contributed by atoms with Gasteiger partial charge in [-0.05, 0) is 55.3 Å². The van der Waals surface area contributed by atoms with Crippen LogP contribution < -0.4 is 10.6 Å². The molecule has 3 N–H and O–H groups in total. The molecule has 1 heterocycles. The van der Waals surface area contributed by atoms with Crippen molar-refractivity contribution >= 4 is 5.96 Å². The molecule has 1 atom stereocenters. The highest BCUT2D eigenvalue weighted by Crippen LogP contribution is 2.16. The molecule has 0 aliphatic rings. The van der Waals surface area contributed by atoms with E-state index >= 15 is 0 Å². The van der Waals surface area contributed by atoms with Crippen molar-refractivity contribution in [3.63, 3.8) is 0 Å². The second-order valence-corrected chi connectivity index (χ2v) is 6.27. The molecule has 1 unspecified atom stereocenters. The van der Waals surface area contributed by atoms with Crippen LogP contribution in [0.1, 0.15) is 31.0 Å². The molecular formula is C21H25N5O. The topological polar surface area (TPSA) is 74.5 Å². The molecule has 0 radical (unpaired) electrons. The van der Waals surface area contributed by atoms with Gasteiger partial charge in [-0.1, -0.05) is 24.3 Å². The van der Waals surface area contributed by atoms with Crippen molar-refractivity contribution in [2.24, 2.45) is 4.99 Å². The highest BCUT2D eigenvalue weighted by molar-refractivity contribution is 5.80. The minimum atomic E-state index is 0.0816. The molecule has 140 valence electrons. The lowest BCUT2D eigenvalue weighted by Gasteiger charge is -2.19. The van der Waals surface area contributed by atoms with Crippen LogP contribution in [0.4, 0.5) is 0 Å². The molecule has 0 bridgehead atoms. The van der Waals surface area contributed by atoms with Crippen molar-refractivity contribution in [3.05, 3.63) is 78.1 Å². The number of phenols is 1. The third-order valence-corrected chi connectivity index (χ3v) is 4.19. The van der Waals surface area contributed by atoms with Crippen molar-refractivity contribution in [1.82, 2.24) is 20.4 Å². The van der Waals surface area contributed by atoms with Crippen LogP contribution in [0.15, 0.2) is 72.0 Å². The summed E-state index contributed by atoms with van der Waals surface area (Å²) in [6.07, 6.45) is 3.70. The summed E-state index contributed by atoms with van der Waals surface area (Å²) in [6.45, 7) is 5.47. The van der Waals surface area contributed by atoms with Gasteiger partial charge >= 0.3 is 0 Å². The maximum Gasteiger partial charge on any atom is 0.192 e. The molecule has 1 aromatic heterocycles. The second kappa shape index (κ2) is 8.89. The van der Waals surface area contributed by atoms with Crippen LogP contribution in [0, 0.1) is 0 Å². The zero-order valence-corrected chi connectivity index (χ0v) is 15.6. The van der Waals surface area contributed by atoms with Gasteiger partial charge in [0.15, 0.2) is 5.96 Å². The number of aromatic nitrogens is 2. The maximum atomic E-state index is 9.39. The molecule has 0 amide bonds. The van der Waals surface area contributed by atoms with E-state index in [1.807, 2.05) is 48.1 Å². The number of aromatic hydroxyl groups is 1. The summed E-state index contributed by atoms with van der Waals surface area (Å²) in [5.74, 6) is 1.01. The minimum absolute atomic E-state index is 0.0816.